The number of methoxy groups -OCH3 is 1. The van der Waals surface area contributed by atoms with E-state index in [9.17, 15) is 9.18 Å². The molecular formula is C23H24ClFN4O2S. The molecule has 0 aliphatic heterocycles. The van der Waals surface area contributed by atoms with Gasteiger partial charge in [0.2, 0.25) is 5.91 Å². The Morgan fingerprint density at radius 2 is 2.03 bits per heavy atom. The summed E-state index contributed by atoms with van der Waals surface area (Å²) in [5.74, 6) is 0.516. The maximum absolute atomic E-state index is 14.0. The lowest BCUT2D eigenvalue weighted by molar-refractivity contribution is -0.128. The molecule has 0 fully saturated rings. The molecule has 0 saturated heterocycles. The second-order valence-electron chi connectivity index (χ2n) is 6.88. The Labute approximate surface area is 196 Å². The van der Waals surface area contributed by atoms with Gasteiger partial charge < -0.3 is 9.64 Å². The highest BCUT2D eigenvalue weighted by Gasteiger charge is 2.18. The van der Waals surface area contributed by atoms with E-state index in [2.05, 4.69) is 16.8 Å². The van der Waals surface area contributed by atoms with Crippen molar-refractivity contribution in [2.75, 3.05) is 19.4 Å². The van der Waals surface area contributed by atoms with E-state index in [4.69, 9.17) is 16.3 Å². The van der Waals surface area contributed by atoms with Crippen LogP contribution in [0.5, 0.6) is 5.75 Å². The summed E-state index contributed by atoms with van der Waals surface area (Å²) < 4.78 is 20.8. The maximum Gasteiger partial charge on any atom is 0.233 e. The van der Waals surface area contributed by atoms with Gasteiger partial charge in [0.05, 0.1) is 12.9 Å². The number of hydrogen-bond acceptors (Lipinski definition) is 5. The fourth-order valence-corrected chi connectivity index (χ4v) is 4.10. The molecule has 0 atom stereocenters. The van der Waals surface area contributed by atoms with E-state index in [1.54, 1.807) is 35.2 Å². The fraction of sp³-hybridized carbons (Fsp3) is 0.261. The quantitative estimate of drug-likeness (QED) is 0.303. The van der Waals surface area contributed by atoms with Crippen molar-refractivity contribution in [1.82, 2.24) is 19.7 Å². The molecule has 168 valence electrons. The van der Waals surface area contributed by atoms with Crippen molar-refractivity contribution in [1.29, 1.82) is 0 Å². The van der Waals surface area contributed by atoms with E-state index >= 15 is 0 Å². The molecule has 0 aliphatic rings. The van der Waals surface area contributed by atoms with Crippen LogP contribution in [0.4, 0.5) is 4.39 Å². The van der Waals surface area contributed by atoms with Gasteiger partial charge >= 0.3 is 0 Å². The monoisotopic (exact) mass is 474 g/mol. The largest absolute Gasteiger partial charge is 0.494 e. The van der Waals surface area contributed by atoms with Gasteiger partial charge in [-0.15, -0.1) is 16.8 Å². The molecule has 1 amide bonds. The third-order valence-corrected chi connectivity index (χ3v) is 5.98. The van der Waals surface area contributed by atoms with Crippen LogP contribution < -0.4 is 4.74 Å². The van der Waals surface area contributed by atoms with E-state index in [-0.39, 0.29) is 17.4 Å². The maximum atomic E-state index is 14.0. The van der Waals surface area contributed by atoms with Crippen molar-refractivity contribution >= 4 is 29.3 Å². The molecule has 1 aromatic heterocycles. The zero-order valence-electron chi connectivity index (χ0n) is 17.9. The van der Waals surface area contributed by atoms with Gasteiger partial charge in [-0.25, -0.2) is 4.39 Å². The Morgan fingerprint density at radius 1 is 1.28 bits per heavy atom. The third kappa shape index (κ3) is 5.69. The Hall–Kier alpha value is -2.84. The van der Waals surface area contributed by atoms with Gasteiger partial charge in [0.15, 0.2) is 22.5 Å². The minimum absolute atomic E-state index is 0.0741. The van der Waals surface area contributed by atoms with Crippen LogP contribution in [0.25, 0.3) is 11.4 Å². The number of thioether (sulfide) groups is 1. The molecule has 1 heterocycles. The zero-order valence-corrected chi connectivity index (χ0v) is 19.5. The van der Waals surface area contributed by atoms with Crippen LogP contribution in [0, 0.1) is 5.82 Å². The van der Waals surface area contributed by atoms with Crippen LogP contribution in [0.3, 0.4) is 0 Å². The van der Waals surface area contributed by atoms with Crippen molar-refractivity contribution in [2.24, 2.45) is 0 Å². The first-order valence-corrected chi connectivity index (χ1v) is 11.4. The SMILES string of the molecule is C=CCn1c(SCC(=O)N(CC)Cc2ccc(OC)c(F)c2)nnc1-c1ccc(Cl)cc1. The van der Waals surface area contributed by atoms with Gasteiger partial charge in [0.25, 0.3) is 0 Å². The lowest BCUT2D eigenvalue weighted by atomic mass is 10.2. The molecule has 0 aliphatic carbocycles. The smallest absolute Gasteiger partial charge is 0.233 e. The number of benzene rings is 2. The molecule has 0 spiro atoms. The number of hydrogen-bond donors (Lipinski definition) is 0. The fourth-order valence-electron chi connectivity index (χ4n) is 3.12. The van der Waals surface area contributed by atoms with Crippen LogP contribution in [0.15, 0.2) is 60.3 Å². The summed E-state index contributed by atoms with van der Waals surface area (Å²) in [5.41, 5.74) is 1.57. The van der Waals surface area contributed by atoms with E-state index in [1.807, 2.05) is 23.6 Å². The highest BCUT2D eigenvalue weighted by Crippen LogP contribution is 2.26. The highest BCUT2D eigenvalue weighted by molar-refractivity contribution is 7.99. The Kier molecular flexibility index (Phi) is 8.30. The third-order valence-electron chi connectivity index (χ3n) is 4.78. The predicted molar refractivity (Wildman–Crippen MR) is 125 cm³/mol. The van der Waals surface area contributed by atoms with Crippen molar-refractivity contribution in [3.05, 3.63) is 71.5 Å². The standard InChI is InChI=1S/C23H24ClFN4O2S/c1-4-12-29-22(17-7-9-18(24)10-8-17)26-27-23(29)32-15-21(30)28(5-2)14-16-6-11-20(31-3)19(25)13-16/h4,6-11,13H,1,5,12,14-15H2,2-3H3. The number of halogens is 2. The van der Waals surface area contributed by atoms with E-state index in [0.29, 0.717) is 41.2 Å². The molecule has 0 unspecified atom stereocenters. The van der Waals surface area contributed by atoms with Crippen LogP contribution in [-0.4, -0.2) is 45.0 Å². The number of aromatic nitrogens is 3. The first-order valence-electron chi connectivity index (χ1n) is 9.99. The van der Waals surface area contributed by atoms with E-state index in [0.717, 1.165) is 5.56 Å². The number of rotatable bonds is 10. The number of amides is 1. The molecule has 3 rings (SSSR count). The molecular weight excluding hydrogens is 451 g/mol. The number of allylic oxidation sites excluding steroid dienone is 1. The number of nitrogens with zero attached hydrogens (tertiary/aromatic N) is 4. The van der Waals surface area contributed by atoms with E-state index in [1.165, 1.54) is 24.9 Å². The lowest BCUT2D eigenvalue weighted by Gasteiger charge is -2.21. The molecule has 0 N–H and O–H groups in total. The van der Waals surface area contributed by atoms with Crippen molar-refractivity contribution in [2.45, 2.75) is 25.2 Å². The average Bonchev–Trinajstić information content (AvgIpc) is 3.19. The van der Waals surface area contributed by atoms with Crippen LogP contribution in [0.1, 0.15) is 12.5 Å². The summed E-state index contributed by atoms with van der Waals surface area (Å²) >= 11 is 7.29. The minimum Gasteiger partial charge on any atom is -0.494 e. The lowest BCUT2D eigenvalue weighted by Crippen LogP contribution is -2.31. The molecule has 9 heteroatoms. The molecule has 32 heavy (non-hydrogen) atoms. The first-order chi connectivity index (χ1) is 15.5. The van der Waals surface area contributed by atoms with Gasteiger partial charge in [0, 0.05) is 30.2 Å². The molecule has 0 radical (unpaired) electrons. The predicted octanol–water partition coefficient (Wildman–Crippen LogP) is 5.07. The van der Waals surface area contributed by atoms with E-state index < -0.39 is 5.82 Å². The molecule has 0 saturated carbocycles. The van der Waals surface area contributed by atoms with Crippen molar-refractivity contribution < 1.29 is 13.9 Å². The van der Waals surface area contributed by atoms with Gasteiger partial charge in [-0.1, -0.05) is 35.5 Å². The molecule has 2 aromatic carbocycles. The zero-order chi connectivity index (χ0) is 23.1. The van der Waals surface area contributed by atoms with Crippen molar-refractivity contribution in [3.8, 4) is 17.1 Å². The topological polar surface area (TPSA) is 60.2 Å². The average molecular weight is 475 g/mol. The summed E-state index contributed by atoms with van der Waals surface area (Å²) in [6, 6.07) is 12.0. The summed E-state index contributed by atoms with van der Waals surface area (Å²) in [7, 11) is 1.42. The Bertz CT molecular complexity index is 1090. The molecule has 6 nitrogen and oxygen atoms in total. The van der Waals surface area contributed by atoms with Crippen LogP contribution in [-0.2, 0) is 17.9 Å². The normalized spacial score (nSPS) is 10.8. The minimum atomic E-state index is -0.449. The Balaban J connectivity index is 1.70. The summed E-state index contributed by atoms with van der Waals surface area (Å²) in [5, 5.41) is 9.82. The van der Waals surface area contributed by atoms with Gasteiger partial charge in [-0.05, 0) is 48.9 Å². The van der Waals surface area contributed by atoms with Crippen LogP contribution in [0.2, 0.25) is 5.02 Å². The molecule has 0 bridgehead atoms. The summed E-state index contributed by atoms with van der Waals surface area (Å²) in [6.07, 6.45) is 1.76. The second-order valence-corrected chi connectivity index (χ2v) is 8.26. The number of carbonyl (C=O) groups is 1. The number of ether oxygens (including phenoxy) is 1. The van der Waals surface area contributed by atoms with Gasteiger partial charge in [-0.3, -0.25) is 9.36 Å². The second kappa shape index (κ2) is 11.2. The molecule has 3 aromatic rings. The summed E-state index contributed by atoms with van der Waals surface area (Å²) in [6.45, 7) is 7.02. The Morgan fingerprint density at radius 3 is 2.66 bits per heavy atom. The van der Waals surface area contributed by atoms with Crippen molar-refractivity contribution in [3.63, 3.8) is 0 Å². The number of carbonyl (C=O) groups excluding carboxylic acids is 1. The van der Waals surface area contributed by atoms with Crippen LogP contribution >= 0.6 is 23.4 Å². The summed E-state index contributed by atoms with van der Waals surface area (Å²) in [4.78, 5) is 14.5. The first kappa shape index (κ1) is 23.8. The highest BCUT2D eigenvalue weighted by atomic mass is 35.5. The van der Waals surface area contributed by atoms with Gasteiger partial charge in [-0.2, -0.15) is 0 Å². The van der Waals surface area contributed by atoms with Gasteiger partial charge in [0.1, 0.15) is 0 Å².